The molecule has 3 aromatic rings. The Balaban J connectivity index is 0.000000771. The van der Waals surface area contributed by atoms with Gasteiger partial charge in [-0.05, 0) is 24.5 Å². The molecule has 0 aliphatic rings. The predicted molar refractivity (Wildman–Crippen MR) is 114 cm³/mol. The Kier molecular flexibility index (Phi) is 9.73. The molecule has 6 nitrogen and oxygen atoms in total. The summed E-state index contributed by atoms with van der Waals surface area (Å²) in [5, 5.41) is 15.0. The van der Waals surface area contributed by atoms with Gasteiger partial charge >= 0.3 is 0 Å². The summed E-state index contributed by atoms with van der Waals surface area (Å²) in [7, 11) is 0. The van der Waals surface area contributed by atoms with E-state index in [0.29, 0.717) is 28.2 Å². The maximum atomic E-state index is 11.5. The molecule has 0 saturated carbocycles. The molecule has 1 aromatic carbocycles. The van der Waals surface area contributed by atoms with E-state index in [4.69, 9.17) is 0 Å². The smallest absolute Gasteiger partial charge is 0.176 e. The van der Waals surface area contributed by atoms with Crippen molar-refractivity contribution in [2.45, 2.75) is 40.7 Å². The number of ketones is 1. The molecule has 0 amide bonds. The number of nitrogens with one attached hydrogen (secondary N) is 2. The number of hydrogen-bond acceptors (Lipinski definition) is 5. The van der Waals surface area contributed by atoms with Gasteiger partial charge in [0.05, 0.1) is 11.5 Å². The molecule has 29 heavy (non-hydrogen) atoms. The summed E-state index contributed by atoms with van der Waals surface area (Å²) in [4.78, 5) is 15.8. The average molecular weight is 485 g/mol. The number of Topliss-reactive ketones (excluding diaryl/α,β-unsaturated/α-hetero) is 1. The quantitative estimate of drug-likeness (QED) is 0.390. The summed E-state index contributed by atoms with van der Waals surface area (Å²) in [6.07, 6.45) is 1.60. The zero-order chi connectivity index (χ0) is 20.7. The fourth-order valence-electron chi connectivity index (χ4n) is 2.47. The van der Waals surface area contributed by atoms with Crippen LogP contribution in [0.5, 0.6) is 0 Å². The molecule has 3 rings (SSSR count). The van der Waals surface area contributed by atoms with Crippen molar-refractivity contribution in [3.8, 4) is 0 Å². The van der Waals surface area contributed by atoms with Crippen molar-refractivity contribution < 1.29 is 25.2 Å². The Morgan fingerprint density at radius 1 is 1.14 bits per heavy atom. The second-order valence-electron chi connectivity index (χ2n) is 7.30. The van der Waals surface area contributed by atoms with Gasteiger partial charge < -0.3 is 20.8 Å². The van der Waals surface area contributed by atoms with E-state index >= 15 is 0 Å². The van der Waals surface area contributed by atoms with Crippen LogP contribution in [0.2, 0.25) is 0 Å². The normalized spacial score (nSPS) is 11.1. The van der Waals surface area contributed by atoms with E-state index in [0.717, 1.165) is 11.5 Å². The molecule has 2 aromatic heterocycles. The molecular formula is C22H28N5OPd-. The number of nitrogens with zero attached hydrogens (tertiary/aromatic N) is 3. The molecule has 0 fully saturated rings. The van der Waals surface area contributed by atoms with Gasteiger partial charge in [-0.1, -0.05) is 57.7 Å². The number of benzene rings is 1. The van der Waals surface area contributed by atoms with Crippen molar-refractivity contribution >= 4 is 22.5 Å². The summed E-state index contributed by atoms with van der Waals surface area (Å²) in [5.41, 5.74) is 2.14. The molecule has 0 aliphatic carbocycles. The molecular weight excluding hydrogens is 457 g/mol. The van der Waals surface area contributed by atoms with Crippen LogP contribution in [0.4, 0.5) is 5.82 Å². The van der Waals surface area contributed by atoms with Gasteiger partial charge in [0, 0.05) is 45.0 Å². The van der Waals surface area contributed by atoms with Crippen LogP contribution in [0.25, 0.3) is 10.9 Å². The third kappa shape index (κ3) is 7.45. The molecule has 2 N–H and O–H groups in total. The van der Waals surface area contributed by atoms with E-state index in [-0.39, 0.29) is 32.2 Å². The van der Waals surface area contributed by atoms with Crippen LogP contribution < -0.4 is 15.7 Å². The summed E-state index contributed by atoms with van der Waals surface area (Å²) >= 11 is 0. The minimum Gasteiger partial charge on any atom is -0.574 e. The summed E-state index contributed by atoms with van der Waals surface area (Å²) in [6, 6.07) is 11.9. The van der Waals surface area contributed by atoms with Gasteiger partial charge in [0.2, 0.25) is 0 Å². The number of anilines is 1. The minimum atomic E-state index is -0.122. The maximum absolute atomic E-state index is 11.5. The summed E-state index contributed by atoms with van der Waals surface area (Å²) in [6.45, 7) is 14.0. The van der Waals surface area contributed by atoms with Crippen LogP contribution in [0.1, 0.15) is 56.7 Å². The Morgan fingerprint density at radius 3 is 2.34 bits per heavy atom. The summed E-state index contributed by atoms with van der Waals surface area (Å²) < 4.78 is 0. The first-order valence-electron chi connectivity index (χ1n) is 9.35. The first-order valence-corrected chi connectivity index (χ1v) is 9.35. The second-order valence-corrected chi connectivity index (χ2v) is 7.30. The first kappa shape index (κ1) is 24.6. The van der Waals surface area contributed by atoms with E-state index in [1.165, 1.54) is 6.92 Å². The van der Waals surface area contributed by atoms with Gasteiger partial charge in [-0.3, -0.25) is 4.79 Å². The van der Waals surface area contributed by atoms with Crippen LogP contribution in [-0.4, -0.2) is 15.9 Å². The van der Waals surface area contributed by atoms with Crippen molar-refractivity contribution in [1.82, 2.24) is 20.5 Å². The van der Waals surface area contributed by atoms with Crippen molar-refractivity contribution in [2.24, 2.45) is 5.92 Å². The fourth-order valence-corrected chi connectivity index (χ4v) is 2.47. The van der Waals surface area contributed by atoms with Gasteiger partial charge in [-0.2, -0.15) is 0 Å². The molecule has 0 radical (unpaired) electrons. The number of rotatable bonds is 6. The molecule has 1 unspecified atom stereocenters. The molecule has 158 valence electrons. The third-order valence-electron chi connectivity index (χ3n) is 3.70. The standard InChI is InChI=1S/C18H19N5O.C4H10.Pd/c1-11(14-7-5-4-6-8-14)20-13(3)21-17-9-16-15(10-19-17)18(12(2)24)23-22-16;1-4(2)3;/h4-11,20H,3H2,1-2H3,(H2,19,21,22,23,24);4H,1-3H3;/p-1. The van der Waals surface area contributed by atoms with Gasteiger partial charge in [0.1, 0.15) is 5.82 Å². The van der Waals surface area contributed by atoms with Crippen LogP contribution in [-0.2, 0) is 20.4 Å². The van der Waals surface area contributed by atoms with E-state index in [1.807, 2.05) is 18.2 Å². The zero-order valence-electron chi connectivity index (χ0n) is 17.5. The number of carbonyl (C=O) groups is 1. The molecule has 2 heterocycles. The minimum absolute atomic E-state index is 0. The molecule has 0 saturated heterocycles. The Labute approximate surface area is 186 Å². The zero-order valence-corrected chi connectivity index (χ0v) is 19.0. The van der Waals surface area contributed by atoms with Gasteiger partial charge in [0.25, 0.3) is 0 Å². The number of pyridine rings is 1. The van der Waals surface area contributed by atoms with E-state index in [2.05, 4.69) is 72.2 Å². The van der Waals surface area contributed by atoms with Crippen LogP contribution in [0.15, 0.2) is 55.0 Å². The number of hydrogen-bond donors (Lipinski definition) is 2. The number of aromatic nitrogens is 3. The van der Waals surface area contributed by atoms with Crippen LogP contribution >= 0.6 is 0 Å². The van der Waals surface area contributed by atoms with E-state index in [9.17, 15) is 4.79 Å². The third-order valence-corrected chi connectivity index (χ3v) is 3.70. The van der Waals surface area contributed by atoms with Crippen LogP contribution in [0, 0.1) is 5.92 Å². The fraction of sp³-hybridized carbons (Fsp3) is 0.318. The molecule has 7 heteroatoms. The topological polar surface area (TPSA) is 81.0 Å². The molecule has 0 spiro atoms. The molecule has 0 bridgehead atoms. The van der Waals surface area contributed by atoms with E-state index < -0.39 is 0 Å². The Hall–Kier alpha value is -2.49. The SMILES string of the molecule is C=C(Nc1cc2[n-]nc(C(C)=O)c2cn1)NC(C)c1ccccc1.CC(C)C.[Pd]. The maximum Gasteiger partial charge on any atom is 0.176 e. The molecule has 1 atom stereocenters. The predicted octanol–water partition coefficient (Wildman–Crippen LogP) is 4.68. The van der Waals surface area contributed by atoms with Crippen molar-refractivity contribution in [1.29, 1.82) is 0 Å². The monoisotopic (exact) mass is 484 g/mol. The number of fused-ring (bicyclic) bond motifs is 1. The van der Waals surface area contributed by atoms with Crippen molar-refractivity contribution in [2.75, 3.05) is 5.32 Å². The van der Waals surface area contributed by atoms with Crippen LogP contribution in [0.3, 0.4) is 0 Å². The summed E-state index contributed by atoms with van der Waals surface area (Å²) in [5.74, 6) is 1.93. The van der Waals surface area contributed by atoms with Crippen molar-refractivity contribution in [3.63, 3.8) is 0 Å². The second kappa shape index (κ2) is 11.5. The van der Waals surface area contributed by atoms with Crippen molar-refractivity contribution in [3.05, 3.63) is 66.3 Å². The Morgan fingerprint density at radius 2 is 1.76 bits per heavy atom. The van der Waals surface area contributed by atoms with Gasteiger partial charge in [-0.15, -0.1) is 5.52 Å². The Bertz CT molecular complexity index is 934. The largest absolute Gasteiger partial charge is 0.574 e. The number of carbonyl (C=O) groups excluding carboxylic acids is 1. The van der Waals surface area contributed by atoms with E-state index in [1.54, 1.807) is 12.3 Å². The average Bonchev–Trinajstić information content (AvgIpc) is 3.05. The van der Waals surface area contributed by atoms with Gasteiger partial charge in [-0.25, -0.2) is 4.98 Å². The van der Waals surface area contributed by atoms with Gasteiger partial charge in [0.15, 0.2) is 5.78 Å². The first-order chi connectivity index (χ1) is 13.3. The molecule has 0 aliphatic heterocycles.